The third kappa shape index (κ3) is 3.98. The van der Waals surface area contributed by atoms with Gasteiger partial charge in [-0.2, -0.15) is 4.98 Å². The summed E-state index contributed by atoms with van der Waals surface area (Å²) in [4.78, 5) is 27.0. The topological polar surface area (TPSA) is 84.1 Å². The Labute approximate surface area is 195 Å². The third-order valence-electron chi connectivity index (χ3n) is 6.44. The molecule has 0 spiro atoms. The Morgan fingerprint density at radius 1 is 1.09 bits per heavy atom. The predicted molar refractivity (Wildman–Crippen MR) is 125 cm³/mol. The van der Waals surface area contributed by atoms with Gasteiger partial charge in [-0.25, -0.2) is 9.78 Å². The molecule has 3 aromatic heterocycles. The van der Waals surface area contributed by atoms with Crippen LogP contribution < -0.4 is 10.4 Å². The average Bonchev–Trinajstić information content (AvgIpc) is 3.63. The van der Waals surface area contributed by atoms with E-state index >= 15 is 0 Å². The molecule has 9 heteroatoms. The lowest BCUT2D eigenvalue weighted by atomic mass is 10.0. The maximum Gasteiger partial charge on any atom is 0.329 e. The molecular weight excluding hydrogens is 442 g/mol. The molecule has 1 aliphatic heterocycles. The first kappa shape index (κ1) is 20.6. The predicted octanol–water partition coefficient (Wildman–Crippen LogP) is 3.98. The first-order valence-corrected chi connectivity index (χ1v) is 11.8. The minimum Gasteiger partial charge on any atom is -0.477 e. The van der Waals surface area contributed by atoms with E-state index in [2.05, 4.69) is 4.98 Å². The van der Waals surface area contributed by atoms with E-state index in [1.54, 1.807) is 23.0 Å². The minimum absolute atomic E-state index is 0.0556. The van der Waals surface area contributed by atoms with E-state index in [0.29, 0.717) is 34.8 Å². The molecule has 2 aliphatic rings. The van der Waals surface area contributed by atoms with Gasteiger partial charge < -0.3 is 9.47 Å². The van der Waals surface area contributed by atoms with Crippen LogP contribution in [-0.2, 0) is 11.3 Å². The van der Waals surface area contributed by atoms with Crippen LogP contribution >= 0.6 is 11.6 Å². The van der Waals surface area contributed by atoms with Gasteiger partial charge in [-0.1, -0.05) is 11.6 Å². The Bertz CT molecular complexity index is 1390. The standard InChI is InChI=1S/C24H24ClN5O3/c25-16-1-4-18-19(11-16)27-22(28-23(18)33-14-15-6-9-32-10-7-15)13-29-21-12-26-8-5-20(21)30(24(29)31)17-2-3-17/h1,4-5,8,11-12,15,17H,2-3,6-7,9-10,13-14H2. The van der Waals surface area contributed by atoms with E-state index in [1.807, 2.05) is 22.8 Å². The second kappa shape index (κ2) is 8.43. The number of rotatable bonds is 6. The smallest absolute Gasteiger partial charge is 0.329 e. The van der Waals surface area contributed by atoms with E-state index < -0.39 is 0 Å². The van der Waals surface area contributed by atoms with Gasteiger partial charge in [0.15, 0.2) is 5.82 Å². The normalized spacial score (nSPS) is 17.1. The molecule has 33 heavy (non-hydrogen) atoms. The molecule has 1 aromatic carbocycles. The van der Waals surface area contributed by atoms with Crippen LogP contribution in [0.5, 0.6) is 5.88 Å². The van der Waals surface area contributed by atoms with Crippen molar-refractivity contribution >= 4 is 33.5 Å². The largest absolute Gasteiger partial charge is 0.477 e. The number of benzene rings is 1. The fourth-order valence-electron chi connectivity index (χ4n) is 4.52. The SMILES string of the molecule is O=c1n(Cc2nc(OCC3CCOCC3)c3ccc(Cl)cc3n2)c2cnccc2n1C1CC1. The molecule has 1 saturated heterocycles. The molecule has 4 heterocycles. The lowest BCUT2D eigenvalue weighted by Gasteiger charge is -2.22. The Hall–Kier alpha value is -2.97. The summed E-state index contributed by atoms with van der Waals surface area (Å²) in [6.45, 7) is 2.34. The highest BCUT2D eigenvalue weighted by Crippen LogP contribution is 2.36. The van der Waals surface area contributed by atoms with Crippen LogP contribution in [0.4, 0.5) is 0 Å². The quantitative estimate of drug-likeness (QED) is 0.428. The van der Waals surface area contributed by atoms with Crippen molar-refractivity contribution in [1.29, 1.82) is 0 Å². The van der Waals surface area contributed by atoms with E-state index in [1.165, 1.54) is 0 Å². The number of aromatic nitrogens is 5. The molecule has 0 amide bonds. The maximum atomic E-state index is 13.3. The van der Waals surface area contributed by atoms with E-state index in [4.69, 9.17) is 31.0 Å². The van der Waals surface area contributed by atoms with Crippen molar-refractivity contribution in [3.05, 3.63) is 58.0 Å². The zero-order chi connectivity index (χ0) is 22.4. The number of halogens is 1. The van der Waals surface area contributed by atoms with Crippen LogP contribution in [0.15, 0.2) is 41.5 Å². The number of imidazole rings is 1. The van der Waals surface area contributed by atoms with Crippen LogP contribution in [0.25, 0.3) is 21.9 Å². The van der Waals surface area contributed by atoms with Gasteiger partial charge in [-0.3, -0.25) is 14.1 Å². The Kier molecular flexibility index (Phi) is 5.27. The molecule has 4 aromatic rings. The molecule has 0 atom stereocenters. The molecule has 0 N–H and O–H groups in total. The van der Waals surface area contributed by atoms with Crippen molar-refractivity contribution in [3.63, 3.8) is 0 Å². The highest BCUT2D eigenvalue weighted by molar-refractivity contribution is 6.31. The lowest BCUT2D eigenvalue weighted by Crippen LogP contribution is -2.25. The van der Waals surface area contributed by atoms with Crippen LogP contribution in [0.2, 0.25) is 5.02 Å². The van der Waals surface area contributed by atoms with Gasteiger partial charge in [-0.05, 0) is 55.9 Å². The first-order valence-electron chi connectivity index (χ1n) is 11.4. The van der Waals surface area contributed by atoms with Crippen molar-refractivity contribution in [2.75, 3.05) is 19.8 Å². The third-order valence-corrected chi connectivity index (χ3v) is 6.68. The summed E-state index contributed by atoms with van der Waals surface area (Å²) in [7, 11) is 0. The van der Waals surface area contributed by atoms with Crippen LogP contribution in [-0.4, -0.2) is 43.9 Å². The van der Waals surface area contributed by atoms with Gasteiger partial charge in [0.2, 0.25) is 5.88 Å². The summed E-state index contributed by atoms with van der Waals surface area (Å²) < 4.78 is 15.2. The molecule has 6 rings (SSSR count). The molecular formula is C24H24ClN5O3. The number of pyridine rings is 1. The fraction of sp³-hybridized carbons (Fsp3) is 0.417. The molecule has 0 radical (unpaired) electrons. The van der Waals surface area contributed by atoms with Crippen molar-refractivity contribution in [3.8, 4) is 5.88 Å². The van der Waals surface area contributed by atoms with Crippen molar-refractivity contribution < 1.29 is 9.47 Å². The zero-order valence-electron chi connectivity index (χ0n) is 18.1. The van der Waals surface area contributed by atoms with Crippen LogP contribution in [0.1, 0.15) is 37.5 Å². The van der Waals surface area contributed by atoms with Gasteiger partial charge in [0.25, 0.3) is 0 Å². The van der Waals surface area contributed by atoms with Gasteiger partial charge in [0.05, 0.1) is 41.3 Å². The molecule has 8 nitrogen and oxygen atoms in total. The number of ether oxygens (including phenoxy) is 2. The van der Waals surface area contributed by atoms with Crippen LogP contribution in [0, 0.1) is 5.92 Å². The molecule has 170 valence electrons. The summed E-state index contributed by atoms with van der Waals surface area (Å²) in [5.74, 6) is 1.47. The summed E-state index contributed by atoms with van der Waals surface area (Å²) in [5, 5.41) is 1.40. The highest BCUT2D eigenvalue weighted by Gasteiger charge is 2.29. The summed E-state index contributed by atoms with van der Waals surface area (Å²) in [6, 6.07) is 7.66. The van der Waals surface area contributed by atoms with E-state index in [9.17, 15) is 4.79 Å². The van der Waals surface area contributed by atoms with E-state index in [-0.39, 0.29) is 18.3 Å². The second-order valence-electron chi connectivity index (χ2n) is 8.81. The molecule has 2 fully saturated rings. The number of hydrogen-bond acceptors (Lipinski definition) is 6. The molecule has 1 saturated carbocycles. The van der Waals surface area contributed by atoms with E-state index in [0.717, 1.165) is 55.3 Å². The number of nitrogens with zero attached hydrogens (tertiary/aromatic N) is 5. The molecule has 1 aliphatic carbocycles. The van der Waals surface area contributed by atoms with Gasteiger partial charge in [-0.15, -0.1) is 0 Å². The van der Waals surface area contributed by atoms with Gasteiger partial charge in [0.1, 0.15) is 0 Å². The molecule has 0 unspecified atom stereocenters. The van der Waals surface area contributed by atoms with Crippen molar-refractivity contribution in [1.82, 2.24) is 24.1 Å². The Morgan fingerprint density at radius 2 is 1.94 bits per heavy atom. The number of fused-ring (bicyclic) bond motifs is 2. The lowest BCUT2D eigenvalue weighted by molar-refractivity contribution is 0.0492. The summed E-state index contributed by atoms with van der Waals surface area (Å²) in [6.07, 6.45) is 7.46. The van der Waals surface area contributed by atoms with Crippen molar-refractivity contribution in [2.45, 2.75) is 38.3 Å². The van der Waals surface area contributed by atoms with Crippen molar-refractivity contribution in [2.24, 2.45) is 5.92 Å². The highest BCUT2D eigenvalue weighted by atomic mass is 35.5. The summed E-state index contributed by atoms with van der Waals surface area (Å²) >= 11 is 6.25. The van der Waals surface area contributed by atoms with Crippen LogP contribution in [0.3, 0.4) is 0 Å². The Morgan fingerprint density at radius 3 is 2.76 bits per heavy atom. The Balaban J connectivity index is 1.39. The molecule has 0 bridgehead atoms. The number of hydrogen-bond donors (Lipinski definition) is 0. The minimum atomic E-state index is -0.0556. The maximum absolute atomic E-state index is 13.3. The van der Waals surface area contributed by atoms with Gasteiger partial charge >= 0.3 is 5.69 Å². The summed E-state index contributed by atoms with van der Waals surface area (Å²) in [5.41, 5.74) is 2.33. The zero-order valence-corrected chi connectivity index (χ0v) is 18.9. The second-order valence-corrected chi connectivity index (χ2v) is 9.24. The first-order chi connectivity index (χ1) is 16.2. The average molecular weight is 466 g/mol. The monoisotopic (exact) mass is 465 g/mol. The fourth-order valence-corrected chi connectivity index (χ4v) is 4.68. The van der Waals surface area contributed by atoms with Gasteiger partial charge in [0, 0.05) is 30.5 Å².